The average molecular weight is 316 g/mol. The molecule has 1 aliphatic heterocycles. The minimum absolute atomic E-state index is 0.142. The van der Waals surface area contributed by atoms with Crippen molar-refractivity contribution in [1.82, 2.24) is 0 Å². The van der Waals surface area contributed by atoms with Crippen LogP contribution in [0.3, 0.4) is 0 Å². The molecule has 114 valence electrons. The molecule has 1 heterocycles. The van der Waals surface area contributed by atoms with Crippen LogP contribution in [-0.2, 0) is 14.6 Å². The minimum Gasteiger partial charge on any atom is -0.373 e. The number of ether oxygens (including phenoxy) is 1. The topological polar surface area (TPSA) is 63.7 Å². The molecular formula is C17H16O4S. The summed E-state index contributed by atoms with van der Waals surface area (Å²) in [6, 6.07) is 16.6. The molecule has 2 aromatic carbocycles. The Hall–Kier alpha value is -1.98. The van der Waals surface area contributed by atoms with E-state index < -0.39 is 15.1 Å². The second kappa shape index (κ2) is 6.02. The molecule has 0 N–H and O–H groups in total. The van der Waals surface area contributed by atoms with Crippen molar-refractivity contribution in [2.24, 2.45) is 0 Å². The Balaban J connectivity index is 1.98. The maximum Gasteiger partial charge on any atom is 0.188 e. The summed E-state index contributed by atoms with van der Waals surface area (Å²) in [6.45, 7) is 0.517. The van der Waals surface area contributed by atoms with Crippen molar-refractivity contribution in [2.45, 2.75) is 22.7 Å². The number of Topliss-reactive ketones (excluding diaryl/α,β-unsaturated/α-hetero) is 1. The third kappa shape index (κ3) is 3.10. The van der Waals surface area contributed by atoms with E-state index >= 15 is 0 Å². The van der Waals surface area contributed by atoms with Crippen LogP contribution in [0.15, 0.2) is 65.6 Å². The number of epoxide rings is 1. The predicted molar refractivity (Wildman–Crippen MR) is 82.5 cm³/mol. The second-order valence-electron chi connectivity index (χ2n) is 5.27. The Bertz CT molecular complexity index is 750. The lowest BCUT2D eigenvalue weighted by Gasteiger charge is -2.16. The van der Waals surface area contributed by atoms with Gasteiger partial charge in [-0.15, -0.1) is 0 Å². The predicted octanol–water partition coefficient (Wildman–Crippen LogP) is 2.50. The van der Waals surface area contributed by atoms with Gasteiger partial charge in [-0.05, 0) is 12.1 Å². The normalized spacial score (nSPS) is 18.6. The fourth-order valence-corrected chi connectivity index (χ4v) is 4.13. The molecule has 22 heavy (non-hydrogen) atoms. The molecule has 5 heteroatoms. The molecule has 4 nitrogen and oxygen atoms in total. The van der Waals surface area contributed by atoms with Crippen molar-refractivity contribution >= 4 is 15.6 Å². The maximum atomic E-state index is 12.8. The Morgan fingerprint density at radius 3 is 2.14 bits per heavy atom. The van der Waals surface area contributed by atoms with Gasteiger partial charge in [0.1, 0.15) is 5.25 Å². The van der Waals surface area contributed by atoms with Crippen molar-refractivity contribution in [2.75, 3.05) is 6.61 Å². The lowest BCUT2D eigenvalue weighted by molar-refractivity contribution is 0.0980. The first-order valence-electron chi connectivity index (χ1n) is 7.09. The van der Waals surface area contributed by atoms with Crippen LogP contribution in [0.4, 0.5) is 0 Å². The quantitative estimate of drug-likeness (QED) is 0.607. The molecule has 2 unspecified atom stereocenters. The highest BCUT2D eigenvalue weighted by molar-refractivity contribution is 7.92. The van der Waals surface area contributed by atoms with Gasteiger partial charge in [-0.2, -0.15) is 0 Å². The van der Waals surface area contributed by atoms with Gasteiger partial charge in [0, 0.05) is 12.0 Å². The monoisotopic (exact) mass is 316 g/mol. The first-order valence-corrected chi connectivity index (χ1v) is 8.63. The van der Waals surface area contributed by atoms with Crippen LogP contribution < -0.4 is 0 Å². The number of hydrogen-bond donors (Lipinski definition) is 0. The summed E-state index contributed by atoms with van der Waals surface area (Å²) in [5, 5.41) is -1.11. The largest absolute Gasteiger partial charge is 0.373 e. The van der Waals surface area contributed by atoms with Crippen molar-refractivity contribution < 1.29 is 17.9 Å². The van der Waals surface area contributed by atoms with Gasteiger partial charge < -0.3 is 4.74 Å². The van der Waals surface area contributed by atoms with Crippen LogP contribution in [0.2, 0.25) is 0 Å². The van der Waals surface area contributed by atoms with Crippen LogP contribution in [0, 0.1) is 0 Å². The zero-order valence-electron chi connectivity index (χ0n) is 11.9. The Morgan fingerprint density at radius 1 is 1.05 bits per heavy atom. The van der Waals surface area contributed by atoms with Crippen LogP contribution in [0.25, 0.3) is 0 Å². The van der Waals surface area contributed by atoms with E-state index in [1.54, 1.807) is 48.5 Å². The highest BCUT2D eigenvalue weighted by Crippen LogP contribution is 2.27. The molecule has 0 aromatic heterocycles. The third-order valence-corrected chi connectivity index (χ3v) is 5.76. The van der Waals surface area contributed by atoms with Gasteiger partial charge in [-0.1, -0.05) is 48.5 Å². The molecule has 0 radical (unpaired) electrons. The fourth-order valence-electron chi connectivity index (χ4n) is 2.38. The lowest BCUT2D eigenvalue weighted by atomic mass is 10.1. The smallest absolute Gasteiger partial charge is 0.188 e. The SMILES string of the molecule is O=C(c1ccccc1)C(CC1CO1)S(=O)(=O)c1ccccc1. The van der Waals surface area contributed by atoms with Gasteiger partial charge in [0.2, 0.25) is 0 Å². The molecule has 3 rings (SSSR count). The van der Waals surface area contributed by atoms with E-state index in [4.69, 9.17) is 4.74 Å². The van der Waals surface area contributed by atoms with Crippen molar-refractivity contribution in [3.63, 3.8) is 0 Å². The highest BCUT2D eigenvalue weighted by atomic mass is 32.2. The number of carbonyl (C=O) groups excluding carboxylic acids is 1. The summed E-state index contributed by atoms with van der Waals surface area (Å²) in [5.74, 6) is -0.375. The molecule has 0 spiro atoms. The van der Waals surface area contributed by atoms with Crippen molar-refractivity contribution in [1.29, 1.82) is 0 Å². The molecular weight excluding hydrogens is 300 g/mol. The zero-order chi connectivity index (χ0) is 15.6. The third-order valence-electron chi connectivity index (χ3n) is 3.68. The molecule has 2 atom stereocenters. The van der Waals surface area contributed by atoms with Gasteiger partial charge in [-0.25, -0.2) is 8.42 Å². The average Bonchev–Trinajstić information content (AvgIpc) is 3.38. The molecule has 0 bridgehead atoms. The molecule has 1 saturated heterocycles. The highest BCUT2D eigenvalue weighted by Gasteiger charge is 2.39. The molecule has 2 aromatic rings. The number of hydrogen-bond acceptors (Lipinski definition) is 4. The summed E-state index contributed by atoms with van der Waals surface area (Å²) in [6.07, 6.45) is 0.0569. The summed E-state index contributed by atoms with van der Waals surface area (Å²) in [4.78, 5) is 12.9. The first-order chi connectivity index (χ1) is 10.6. The van der Waals surface area contributed by atoms with Gasteiger partial charge >= 0.3 is 0 Å². The van der Waals surface area contributed by atoms with Gasteiger partial charge in [0.05, 0.1) is 17.6 Å². The molecule has 1 aliphatic rings. The van der Waals surface area contributed by atoms with Gasteiger partial charge in [-0.3, -0.25) is 4.79 Å². The van der Waals surface area contributed by atoms with E-state index in [1.807, 2.05) is 0 Å². The molecule has 1 fully saturated rings. The van der Waals surface area contributed by atoms with Gasteiger partial charge in [0.25, 0.3) is 0 Å². The summed E-state index contributed by atoms with van der Waals surface area (Å²) in [5.41, 5.74) is 0.410. The number of sulfone groups is 1. The number of ketones is 1. The van der Waals surface area contributed by atoms with E-state index in [-0.39, 0.29) is 23.2 Å². The van der Waals surface area contributed by atoms with Crippen LogP contribution in [0.5, 0.6) is 0 Å². The van der Waals surface area contributed by atoms with Crippen LogP contribution in [0.1, 0.15) is 16.8 Å². The number of carbonyl (C=O) groups is 1. The lowest BCUT2D eigenvalue weighted by Crippen LogP contribution is -2.32. The number of rotatable bonds is 6. The van der Waals surface area contributed by atoms with E-state index in [0.717, 1.165) is 0 Å². The van der Waals surface area contributed by atoms with E-state index in [0.29, 0.717) is 12.2 Å². The van der Waals surface area contributed by atoms with Gasteiger partial charge in [0.15, 0.2) is 15.6 Å². The Labute approximate surface area is 129 Å². The molecule has 0 aliphatic carbocycles. The van der Waals surface area contributed by atoms with Crippen LogP contribution in [-0.4, -0.2) is 32.2 Å². The van der Waals surface area contributed by atoms with E-state index in [9.17, 15) is 13.2 Å². The molecule has 0 amide bonds. The summed E-state index contributed by atoms with van der Waals surface area (Å²) < 4.78 is 30.8. The van der Waals surface area contributed by atoms with E-state index in [1.165, 1.54) is 12.1 Å². The summed E-state index contributed by atoms with van der Waals surface area (Å²) in [7, 11) is -3.73. The standard InChI is InChI=1S/C17H16O4S/c18-17(13-7-3-1-4-8-13)16(11-14-12-21-14)22(19,20)15-9-5-2-6-10-15/h1-10,14,16H,11-12H2. The van der Waals surface area contributed by atoms with E-state index in [2.05, 4.69) is 0 Å². The fraction of sp³-hybridized carbons (Fsp3) is 0.235. The second-order valence-corrected chi connectivity index (χ2v) is 7.40. The Morgan fingerprint density at radius 2 is 1.59 bits per heavy atom. The first kappa shape index (κ1) is 14.9. The summed E-state index contributed by atoms with van der Waals surface area (Å²) >= 11 is 0. The maximum absolute atomic E-state index is 12.8. The number of benzene rings is 2. The minimum atomic E-state index is -3.73. The van der Waals surface area contributed by atoms with Crippen LogP contribution >= 0.6 is 0 Å². The Kier molecular flexibility index (Phi) is 4.09. The molecule has 0 saturated carbocycles. The van der Waals surface area contributed by atoms with Crippen molar-refractivity contribution in [3.8, 4) is 0 Å². The van der Waals surface area contributed by atoms with Crippen molar-refractivity contribution in [3.05, 3.63) is 66.2 Å². The zero-order valence-corrected chi connectivity index (χ0v) is 12.7.